The van der Waals surface area contributed by atoms with E-state index in [2.05, 4.69) is 6.07 Å². The molecule has 0 spiro atoms. The molecule has 0 aliphatic rings. The summed E-state index contributed by atoms with van der Waals surface area (Å²) in [6, 6.07) is 15.1. The Morgan fingerprint density at radius 1 is 1.14 bits per heavy atom. The van der Waals surface area contributed by atoms with Gasteiger partial charge in [0.05, 0.1) is 12.7 Å². The zero-order valence-electron chi connectivity index (χ0n) is 11.9. The number of hydrogen-bond donors (Lipinski definition) is 1. The second-order valence-corrected chi connectivity index (χ2v) is 4.52. The number of para-hydroxylation sites is 1. The van der Waals surface area contributed by atoms with Crippen molar-refractivity contribution in [2.24, 2.45) is 0 Å². The number of nitrogens with zero attached hydrogens (tertiary/aromatic N) is 1. The molecule has 0 heterocycles. The number of hydrogen-bond acceptors (Lipinski definition) is 4. The van der Waals surface area contributed by atoms with E-state index in [-0.39, 0.29) is 6.61 Å². The normalized spacial score (nSPS) is 9.95. The van der Waals surface area contributed by atoms with Crippen molar-refractivity contribution in [2.75, 3.05) is 13.7 Å². The van der Waals surface area contributed by atoms with Crippen LogP contribution in [0.25, 0.3) is 0 Å². The molecule has 0 aromatic heterocycles. The van der Waals surface area contributed by atoms with Crippen LogP contribution >= 0.6 is 0 Å². The summed E-state index contributed by atoms with van der Waals surface area (Å²) in [5.41, 5.74) is 2.40. The van der Waals surface area contributed by atoms with Crippen molar-refractivity contribution in [1.82, 2.24) is 0 Å². The van der Waals surface area contributed by atoms with E-state index in [1.165, 1.54) is 7.11 Å². The van der Waals surface area contributed by atoms with Gasteiger partial charge in [0.25, 0.3) is 0 Å². The zero-order valence-corrected chi connectivity index (χ0v) is 11.9. The van der Waals surface area contributed by atoms with Crippen molar-refractivity contribution in [3.8, 4) is 17.6 Å². The average molecular weight is 283 g/mol. The lowest BCUT2D eigenvalue weighted by molar-refractivity contribution is 0.283. The molecule has 0 aliphatic heterocycles. The predicted molar refractivity (Wildman–Crippen MR) is 79.3 cm³/mol. The van der Waals surface area contributed by atoms with Crippen molar-refractivity contribution in [3.05, 3.63) is 59.2 Å². The number of aliphatic hydroxyl groups excluding tert-OH is 1. The van der Waals surface area contributed by atoms with Gasteiger partial charge in [-0.05, 0) is 35.7 Å². The third-order valence-corrected chi connectivity index (χ3v) is 3.13. The highest BCUT2D eigenvalue weighted by Crippen LogP contribution is 2.23. The van der Waals surface area contributed by atoms with Crippen molar-refractivity contribution < 1.29 is 14.6 Å². The molecule has 4 nitrogen and oxygen atoms in total. The van der Waals surface area contributed by atoms with E-state index in [1.54, 1.807) is 12.1 Å². The van der Waals surface area contributed by atoms with Crippen LogP contribution in [0.2, 0.25) is 0 Å². The molecule has 0 atom stereocenters. The Balaban J connectivity index is 2.12. The Morgan fingerprint density at radius 2 is 1.95 bits per heavy atom. The number of rotatable bonds is 6. The Morgan fingerprint density at radius 3 is 2.67 bits per heavy atom. The quantitative estimate of drug-likeness (QED) is 0.885. The summed E-state index contributed by atoms with van der Waals surface area (Å²) in [6.07, 6.45) is 0.562. The third-order valence-electron chi connectivity index (χ3n) is 3.13. The van der Waals surface area contributed by atoms with Gasteiger partial charge in [-0.15, -0.1) is 0 Å². The highest BCUT2D eigenvalue weighted by atomic mass is 16.5. The van der Waals surface area contributed by atoms with Crippen molar-refractivity contribution in [2.45, 2.75) is 13.0 Å². The van der Waals surface area contributed by atoms with Gasteiger partial charge in [-0.2, -0.15) is 5.26 Å². The molecule has 2 rings (SSSR count). The van der Waals surface area contributed by atoms with E-state index < -0.39 is 0 Å². The molecular weight excluding hydrogens is 266 g/mol. The molecule has 2 aromatic rings. The van der Waals surface area contributed by atoms with Crippen LogP contribution in [-0.2, 0) is 13.0 Å². The second-order valence-electron chi connectivity index (χ2n) is 4.52. The molecule has 21 heavy (non-hydrogen) atoms. The molecule has 0 unspecified atom stereocenters. The van der Waals surface area contributed by atoms with E-state index in [1.807, 2.05) is 30.3 Å². The van der Waals surface area contributed by atoms with Gasteiger partial charge in [0, 0.05) is 6.61 Å². The molecule has 108 valence electrons. The van der Waals surface area contributed by atoms with Gasteiger partial charge in [-0.25, -0.2) is 0 Å². The molecule has 0 amide bonds. The first-order valence-corrected chi connectivity index (χ1v) is 6.67. The molecular formula is C17H17NO3. The summed E-state index contributed by atoms with van der Waals surface area (Å²) in [4.78, 5) is 0. The topological polar surface area (TPSA) is 62.5 Å². The minimum absolute atomic E-state index is 0.0884. The number of aliphatic hydroxyl groups is 1. The molecule has 4 heteroatoms. The van der Waals surface area contributed by atoms with Gasteiger partial charge in [0.1, 0.15) is 24.2 Å². The fraction of sp³-hybridized carbons (Fsp3) is 0.235. The molecule has 1 N–H and O–H groups in total. The summed E-state index contributed by atoms with van der Waals surface area (Å²) < 4.78 is 11.0. The van der Waals surface area contributed by atoms with Gasteiger partial charge in [0.15, 0.2) is 0 Å². The van der Waals surface area contributed by atoms with E-state index in [4.69, 9.17) is 19.8 Å². The number of methoxy groups -OCH3 is 1. The lowest BCUT2D eigenvalue weighted by Crippen LogP contribution is -2.01. The van der Waals surface area contributed by atoms with Crippen molar-refractivity contribution in [3.63, 3.8) is 0 Å². The van der Waals surface area contributed by atoms with Gasteiger partial charge in [0.2, 0.25) is 0 Å². The lowest BCUT2D eigenvalue weighted by Gasteiger charge is -2.11. The number of ether oxygens (including phenoxy) is 2. The Bertz CT molecular complexity index is 647. The molecule has 2 aromatic carbocycles. The molecule has 0 aliphatic carbocycles. The summed E-state index contributed by atoms with van der Waals surface area (Å²) in [5, 5.41) is 18.0. The highest BCUT2D eigenvalue weighted by molar-refractivity contribution is 5.45. The SMILES string of the molecule is COc1cc(COc2ccccc2CCO)ccc1C#N. The van der Waals surface area contributed by atoms with Crippen LogP contribution in [0.1, 0.15) is 16.7 Å². The van der Waals surface area contributed by atoms with E-state index in [0.717, 1.165) is 16.9 Å². The zero-order chi connectivity index (χ0) is 15.1. The summed E-state index contributed by atoms with van der Waals surface area (Å²) in [5.74, 6) is 1.30. The fourth-order valence-corrected chi connectivity index (χ4v) is 2.05. The molecule has 0 saturated heterocycles. The first-order chi connectivity index (χ1) is 10.3. The van der Waals surface area contributed by atoms with Crippen LogP contribution in [0.4, 0.5) is 0 Å². The smallest absolute Gasteiger partial charge is 0.137 e. The van der Waals surface area contributed by atoms with Gasteiger partial charge in [-0.3, -0.25) is 0 Å². The Kier molecular flexibility index (Phi) is 5.19. The monoisotopic (exact) mass is 283 g/mol. The standard InChI is InChI=1S/C17H17NO3/c1-20-17-10-13(6-7-15(17)11-18)12-21-16-5-3-2-4-14(16)8-9-19/h2-7,10,19H,8-9,12H2,1H3. The van der Waals surface area contributed by atoms with Crippen molar-refractivity contribution in [1.29, 1.82) is 5.26 Å². The fourth-order valence-electron chi connectivity index (χ4n) is 2.05. The maximum atomic E-state index is 9.05. The van der Waals surface area contributed by atoms with Gasteiger partial charge < -0.3 is 14.6 Å². The van der Waals surface area contributed by atoms with E-state index in [9.17, 15) is 0 Å². The first kappa shape index (κ1) is 14.9. The minimum atomic E-state index is 0.0884. The van der Waals surface area contributed by atoms with E-state index >= 15 is 0 Å². The van der Waals surface area contributed by atoms with Crippen LogP contribution in [0.5, 0.6) is 11.5 Å². The largest absolute Gasteiger partial charge is 0.495 e. The predicted octanol–water partition coefficient (Wildman–Crippen LogP) is 2.68. The van der Waals surface area contributed by atoms with Crippen LogP contribution in [-0.4, -0.2) is 18.8 Å². The summed E-state index contributed by atoms with van der Waals surface area (Å²) >= 11 is 0. The summed E-state index contributed by atoms with van der Waals surface area (Å²) in [6.45, 7) is 0.468. The lowest BCUT2D eigenvalue weighted by atomic mass is 10.1. The van der Waals surface area contributed by atoms with Gasteiger partial charge in [-0.1, -0.05) is 24.3 Å². The number of nitriles is 1. The van der Waals surface area contributed by atoms with Crippen LogP contribution in [0, 0.1) is 11.3 Å². The van der Waals surface area contributed by atoms with Crippen LogP contribution < -0.4 is 9.47 Å². The second kappa shape index (κ2) is 7.32. The molecule has 0 fully saturated rings. The molecule has 0 radical (unpaired) electrons. The maximum absolute atomic E-state index is 9.05. The van der Waals surface area contributed by atoms with Crippen molar-refractivity contribution >= 4 is 0 Å². The minimum Gasteiger partial charge on any atom is -0.495 e. The molecule has 0 bridgehead atoms. The highest BCUT2D eigenvalue weighted by Gasteiger charge is 2.06. The average Bonchev–Trinajstić information content (AvgIpc) is 2.54. The number of benzene rings is 2. The first-order valence-electron chi connectivity index (χ1n) is 6.67. The molecule has 0 saturated carbocycles. The Labute approximate surface area is 124 Å². The van der Waals surface area contributed by atoms with Crippen LogP contribution in [0.15, 0.2) is 42.5 Å². The Hall–Kier alpha value is -2.51. The van der Waals surface area contributed by atoms with E-state index in [0.29, 0.717) is 24.3 Å². The maximum Gasteiger partial charge on any atom is 0.137 e. The third kappa shape index (κ3) is 3.74. The van der Waals surface area contributed by atoms with Gasteiger partial charge >= 0.3 is 0 Å². The summed E-state index contributed by atoms with van der Waals surface area (Å²) in [7, 11) is 1.54. The van der Waals surface area contributed by atoms with Crippen LogP contribution in [0.3, 0.4) is 0 Å².